The Morgan fingerprint density at radius 1 is 1.08 bits per heavy atom. The number of thiazole rings is 1. The molecule has 8 nitrogen and oxygen atoms in total. The molecule has 128 valence electrons. The Labute approximate surface area is 156 Å². The Hall–Kier alpha value is -3.17. The number of halogens is 1. The number of hydrogen-bond donors (Lipinski definition) is 1. The molecular weight excluding hydrogens is 374 g/mol. The van der Waals surface area contributed by atoms with Gasteiger partial charge in [-0.05, 0) is 12.1 Å². The van der Waals surface area contributed by atoms with Gasteiger partial charge in [-0.2, -0.15) is 0 Å². The van der Waals surface area contributed by atoms with Crippen LogP contribution in [0.15, 0.2) is 55.0 Å². The smallest absolute Gasteiger partial charge is 0.276 e. The van der Waals surface area contributed by atoms with E-state index >= 15 is 0 Å². The van der Waals surface area contributed by atoms with Gasteiger partial charge in [0.25, 0.3) is 5.91 Å². The molecule has 0 aromatic carbocycles. The van der Waals surface area contributed by atoms with Crippen LogP contribution in [0, 0.1) is 0 Å². The number of nitrogens with zero attached hydrogens (tertiary/aromatic N) is 6. The lowest BCUT2D eigenvalue weighted by Crippen LogP contribution is -2.16. The minimum Gasteiger partial charge on any atom is -0.296 e. The topological polar surface area (TPSA) is 98.5 Å². The zero-order valence-corrected chi connectivity index (χ0v) is 14.6. The first-order valence-corrected chi connectivity index (χ1v) is 8.63. The standard InChI is InChI=1S/C16H10ClN7OS/c17-10-1-2-12(21-3-10)13-7-26-16(22-13)23-15(25)14-6-20-9-24(14)11-4-18-8-19-5-11/h1-9H,(H,22,23,25). The van der Waals surface area contributed by atoms with Gasteiger partial charge in [0.1, 0.15) is 17.7 Å². The lowest BCUT2D eigenvalue weighted by molar-refractivity contribution is 0.102. The highest BCUT2D eigenvalue weighted by Crippen LogP contribution is 2.24. The van der Waals surface area contributed by atoms with Gasteiger partial charge in [0.2, 0.25) is 0 Å². The SMILES string of the molecule is O=C(Nc1nc(-c2ccc(Cl)cn2)cs1)c1cncn1-c1cncnc1. The van der Waals surface area contributed by atoms with Crippen molar-refractivity contribution in [3.63, 3.8) is 0 Å². The Morgan fingerprint density at radius 3 is 2.69 bits per heavy atom. The van der Waals surface area contributed by atoms with Crippen molar-refractivity contribution in [3.05, 3.63) is 65.7 Å². The third kappa shape index (κ3) is 3.30. The molecule has 0 bridgehead atoms. The molecule has 10 heteroatoms. The third-order valence-corrected chi connectivity index (χ3v) is 4.39. The van der Waals surface area contributed by atoms with Gasteiger partial charge < -0.3 is 0 Å². The minimum atomic E-state index is -0.337. The molecule has 0 aliphatic heterocycles. The van der Waals surface area contributed by atoms with Gasteiger partial charge in [-0.25, -0.2) is 19.9 Å². The fourth-order valence-corrected chi connectivity index (χ4v) is 3.03. The van der Waals surface area contributed by atoms with Crippen LogP contribution in [0.25, 0.3) is 17.1 Å². The van der Waals surface area contributed by atoms with E-state index in [4.69, 9.17) is 11.6 Å². The van der Waals surface area contributed by atoms with Gasteiger partial charge in [-0.3, -0.25) is 19.7 Å². The summed E-state index contributed by atoms with van der Waals surface area (Å²) in [5.74, 6) is -0.337. The lowest BCUT2D eigenvalue weighted by atomic mass is 10.3. The predicted molar refractivity (Wildman–Crippen MR) is 97.5 cm³/mol. The van der Waals surface area contributed by atoms with Gasteiger partial charge in [-0.1, -0.05) is 11.6 Å². The zero-order valence-electron chi connectivity index (χ0n) is 13.1. The molecule has 26 heavy (non-hydrogen) atoms. The monoisotopic (exact) mass is 383 g/mol. The zero-order chi connectivity index (χ0) is 17.9. The van der Waals surface area contributed by atoms with Gasteiger partial charge in [0, 0.05) is 11.6 Å². The predicted octanol–water partition coefficient (Wildman–Crippen LogP) is 3.09. The number of carbonyl (C=O) groups is 1. The summed E-state index contributed by atoms with van der Waals surface area (Å²) in [6, 6.07) is 3.51. The average molecular weight is 384 g/mol. The lowest BCUT2D eigenvalue weighted by Gasteiger charge is -2.06. The molecule has 0 aliphatic carbocycles. The van der Waals surface area contributed by atoms with Gasteiger partial charge in [0.05, 0.1) is 41.3 Å². The molecule has 1 N–H and O–H groups in total. The highest BCUT2D eigenvalue weighted by atomic mass is 35.5. The molecule has 0 saturated heterocycles. The summed E-state index contributed by atoms with van der Waals surface area (Å²) in [6.45, 7) is 0. The molecule has 1 amide bonds. The summed E-state index contributed by atoms with van der Waals surface area (Å²) >= 11 is 7.15. The van der Waals surface area contributed by atoms with E-state index in [1.54, 1.807) is 35.3 Å². The first-order chi connectivity index (χ1) is 12.7. The van der Waals surface area contributed by atoms with Crippen LogP contribution in [0.4, 0.5) is 5.13 Å². The van der Waals surface area contributed by atoms with Crippen molar-refractivity contribution >= 4 is 34.0 Å². The molecule has 0 saturated carbocycles. The Balaban J connectivity index is 1.55. The second-order valence-electron chi connectivity index (χ2n) is 5.10. The average Bonchev–Trinajstić information content (AvgIpc) is 3.32. The number of pyridine rings is 1. The number of anilines is 1. The molecule has 0 fully saturated rings. The second kappa shape index (κ2) is 6.98. The highest BCUT2D eigenvalue weighted by Gasteiger charge is 2.15. The summed E-state index contributed by atoms with van der Waals surface area (Å²) in [4.78, 5) is 33.1. The molecule has 4 heterocycles. The van der Waals surface area contributed by atoms with Crippen molar-refractivity contribution in [2.24, 2.45) is 0 Å². The van der Waals surface area contributed by atoms with Crippen LogP contribution in [-0.4, -0.2) is 35.4 Å². The van der Waals surface area contributed by atoms with Crippen LogP contribution in [0.2, 0.25) is 5.02 Å². The molecule has 0 aliphatic rings. The van der Waals surface area contributed by atoms with E-state index in [-0.39, 0.29) is 5.91 Å². The van der Waals surface area contributed by atoms with Crippen LogP contribution >= 0.6 is 22.9 Å². The minimum absolute atomic E-state index is 0.337. The summed E-state index contributed by atoms with van der Waals surface area (Å²) in [5, 5.41) is 5.59. The van der Waals surface area contributed by atoms with Crippen LogP contribution in [0.5, 0.6) is 0 Å². The normalized spacial score (nSPS) is 10.7. The van der Waals surface area contributed by atoms with E-state index in [1.165, 1.54) is 30.2 Å². The largest absolute Gasteiger partial charge is 0.296 e. The Morgan fingerprint density at radius 2 is 1.92 bits per heavy atom. The fourth-order valence-electron chi connectivity index (χ4n) is 2.22. The number of amides is 1. The summed E-state index contributed by atoms with van der Waals surface area (Å²) in [6.07, 6.45) is 9.16. The van der Waals surface area contributed by atoms with Gasteiger partial charge >= 0.3 is 0 Å². The van der Waals surface area contributed by atoms with E-state index in [0.717, 1.165) is 0 Å². The summed E-state index contributed by atoms with van der Waals surface area (Å²) in [7, 11) is 0. The van der Waals surface area contributed by atoms with Crippen molar-refractivity contribution in [3.8, 4) is 17.1 Å². The summed E-state index contributed by atoms with van der Waals surface area (Å²) in [5.41, 5.74) is 2.33. The fraction of sp³-hybridized carbons (Fsp3) is 0. The Kier molecular flexibility index (Phi) is 4.38. The first kappa shape index (κ1) is 16.3. The van der Waals surface area contributed by atoms with Crippen molar-refractivity contribution in [1.82, 2.24) is 29.5 Å². The number of aromatic nitrogens is 6. The quantitative estimate of drug-likeness (QED) is 0.581. The third-order valence-electron chi connectivity index (χ3n) is 3.41. The number of hydrogen-bond acceptors (Lipinski definition) is 7. The number of nitrogens with one attached hydrogen (secondary N) is 1. The van der Waals surface area contributed by atoms with Gasteiger partial charge in [-0.15, -0.1) is 11.3 Å². The second-order valence-corrected chi connectivity index (χ2v) is 6.39. The van der Waals surface area contributed by atoms with Crippen molar-refractivity contribution in [2.45, 2.75) is 0 Å². The molecule has 0 unspecified atom stereocenters. The molecule has 0 radical (unpaired) electrons. The van der Waals surface area contributed by atoms with E-state index in [0.29, 0.717) is 32.9 Å². The molecular formula is C16H10ClN7OS. The van der Waals surface area contributed by atoms with Crippen LogP contribution < -0.4 is 5.32 Å². The maximum Gasteiger partial charge on any atom is 0.276 e. The maximum absolute atomic E-state index is 12.6. The highest BCUT2D eigenvalue weighted by molar-refractivity contribution is 7.14. The molecule has 0 spiro atoms. The van der Waals surface area contributed by atoms with E-state index < -0.39 is 0 Å². The van der Waals surface area contributed by atoms with E-state index in [2.05, 4.69) is 30.2 Å². The number of carbonyl (C=O) groups excluding carboxylic acids is 1. The van der Waals surface area contributed by atoms with Gasteiger partial charge in [0.15, 0.2) is 5.13 Å². The summed E-state index contributed by atoms with van der Waals surface area (Å²) < 4.78 is 1.60. The van der Waals surface area contributed by atoms with Crippen LogP contribution in [-0.2, 0) is 0 Å². The van der Waals surface area contributed by atoms with E-state index in [1.807, 2.05) is 5.38 Å². The van der Waals surface area contributed by atoms with Crippen LogP contribution in [0.3, 0.4) is 0 Å². The number of rotatable bonds is 4. The first-order valence-electron chi connectivity index (χ1n) is 7.37. The molecule has 0 atom stereocenters. The number of imidazole rings is 1. The Bertz CT molecular complexity index is 1050. The molecule has 4 aromatic heterocycles. The van der Waals surface area contributed by atoms with Crippen molar-refractivity contribution < 1.29 is 4.79 Å². The molecule has 4 rings (SSSR count). The molecule has 4 aromatic rings. The van der Waals surface area contributed by atoms with E-state index in [9.17, 15) is 4.79 Å². The van der Waals surface area contributed by atoms with Crippen molar-refractivity contribution in [1.29, 1.82) is 0 Å². The van der Waals surface area contributed by atoms with Crippen LogP contribution in [0.1, 0.15) is 10.5 Å². The maximum atomic E-state index is 12.6. The van der Waals surface area contributed by atoms with Crippen molar-refractivity contribution in [2.75, 3.05) is 5.32 Å².